The van der Waals surface area contributed by atoms with Crippen molar-refractivity contribution in [1.82, 2.24) is 0 Å². The van der Waals surface area contributed by atoms with Crippen LogP contribution in [0.4, 0.5) is 11.4 Å². The Morgan fingerprint density at radius 1 is 1.44 bits per heavy atom. The van der Waals surface area contributed by atoms with E-state index in [2.05, 4.69) is 5.32 Å². The normalized spacial score (nSPS) is 12.6. The summed E-state index contributed by atoms with van der Waals surface area (Å²) in [7, 11) is 1.61. The molecule has 4 heteroatoms. The van der Waals surface area contributed by atoms with E-state index in [1.54, 1.807) is 13.2 Å². The van der Waals surface area contributed by atoms with Crippen molar-refractivity contribution in [1.29, 1.82) is 0 Å². The van der Waals surface area contributed by atoms with Crippen LogP contribution in [-0.4, -0.2) is 24.9 Å². The molecule has 16 heavy (non-hydrogen) atoms. The third-order valence-electron chi connectivity index (χ3n) is 2.60. The van der Waals surface area contributed by atoms with Gasteiger partial charge in [-0.25, -0.2) is 0 Å². The average molecular weight is 224 g/mol. The standard InChI is InChI=1S/C12H20N2O2/c1-8(2)12(7-15)14-11-6-9(16-3)4-5-10(11)13/h4-6,8,12,14-15H,7,13H2,1-3H3/t12-/m1/s1. The molecular formula is C12H20N2O2. The third-order valence-corrected chi connectivity index (χ3v) is 2.60. The van der Waals surface area contributed by atoms with Crippen LogP contribution < -0.4 is 15.8 Å². The van der Waals surface area contributed by atoms with Gasteiger partial charge in [-0.05, 0) is 18.1 Å². The summed E-state index contributed by atoms with van der Waals surface area (Å²) in [4.78, 5) is 0. The lowest BCUT2D eigenvalue weighted by molar-refractivity contribution is 0.249. The Hall–Kier alpha value is -1.42. The second-order valence-corrected chi connectivity index (χ2v) is 4.13. The first-order valence-electron chi connectivity index (χ1n) is 5.39. The predicted molar refractivity (Wildman–Crippen MR) is 66.7 cm³/mol. The van der Waals surface area contributed by atoms with Crippen molar-refractivity contribution < 1.29 is 9.84 Å². The Morgan fingerprint density at radius 3 is 2.62 bits per heavy atom. The number of rotatable bonds is 5. The van der Waals surface area contributed by atoms with E-state index in [9.17, 15) is 5.11 Å². The number of methoxy groups -OCH3 is 1. The highest BCUT2D eigenvalue weighted by Gasteiger charge is 2.13. The first-order valence-corrected chi connectivity index (χ1v) is 5.39. The van der Waals surface area contributed by atoms with E-state index in [0.29, 0.717) is 11.6 Å². The van der Waals surface area contributed by atoms with Crippen LogP contribution in [0.3, 0.4) is 0 Å². The Labute approximate surface area is 96.4 Å². The highest BCUT2D eigenvalue weighted by atomic mass is 16.5. The fourth-order valence-corrected chi connectivity index (χ4v) is 1.41. The lowest BCUT2D eigenvalue weighted by atomic mass is 10.0. The molecule has 0 fully saturated rings. The van der Waals surface area contributed by atoms with Crippen LogP contribution >= 0.6 is 0 Å². The fourth-order valence-electron chi connectivity index (χ4n) is 1.41. The summed E-state index contributed by atoms with van der Waals surface area (Å²) in [5.41, 5.74) is 7.30. The topological polar surface area (TPSA) is 67.5 Å². The molecule has 0 heterocycles. The van der Waals surface area contributed by atoms with E-state index in [1.807, 2.05) is 26.0 Å². The van der Waals surface area contributed by atoms with Crippen molar-refractivity contribution in [2.24, 2.45) is 5.92 Å². The van der Waals surface area contributed by atoms with Gasteiger partial charge in [-0.2, -0.15) is 0 Å². The molecule has 0 spiro atoms. The van der Waals surface area contributed by atoms with E-state index in [1.165, 1.54) is 0 Å². The molecule has 1 atom stereocenters. The zero-order chi connectivity index (χ0) is 12.1. The number of benzene rings is 1. The number of ether oxygens (including phenoxy) is 1. The molecule has 0 unspecified atom stereocenters. The van der Waals surface area contributed by atoms with Crippen LogP contribution in [0.5, 0.6) is 5.75 Å². The van der Waals surface area contributed by atoms with Crippen LogP contribution in [0.2, 0.25) is 0 Å². The van der Waals surface area contributed by atoms with Crippen LogP contribution in [0.1, 0.15) is 13.8 Å². The van der Waals surface area contributed by atoms with Gasteiger partial charge in [-0.3, -0.25) is 0 Å². The minimum atomic E-state index is -0.00518. The van der Waals surface area contributed by atoms with Gasteiger partial charge < -0.3 is 20.9 Å². The Bertz CT molecular complexity index is 340. The first kappa shape index (κ1) is 12.6. The number of nitrogens with two attached hydrogens (primary N) is 1. The van der Waals surface area contributed by atoms with E-state index in [4.69, 9.17) is 10.5 Å². The minimum absolute atomic E-state index is 0.00518. The summed E-state index contributed by atoms with van der Waals surface area (Å²) in [5, 5.41) is 12.5. The van der Waals surface area contributed by atoms with Crippen LogP contribution in [0, 0.1) is 5.92 Å². The number of hydrogen-bond acceptors (Lipinski definition) is 4. The number of anilines is 2. The second kappa shape index (κ2) is 5.61. The number of aliphatic hydroxyl groups excluding tert-OH is 1. The SMILES string of the molecule is COc1ccc(N)c(N[C@H](CO)C(C)C)c1. The molecule has 0 aliphatic carbocycles. The second-order valence-electron chi connectivity index (χ2n) is 4.13. The molecule has 0 aromatic heterocycles. The summed E-state index contributed by atoms with van der Waals surface area (Å²) in [6.45, 7) is 4.17. The summed E-state index contributed by atoms with van der Waals surface area (Å²) in [5.74, 6) is 1.08. The van der Waals surface area contributed by atoms with Gasteiger partial charge in [0, 0.05) is 6.07 Å². The van der Waals surface area contributed by atoms with E-state index in [0.717, 1.165) is 11.4 Å². The maximum atomic E-state index is 9.24. The molecule has 0 saturated heterocycles. The predicted octanol–water partition coefficient (Wildman–Crippen LogP) is 1.71. The lowest BCUT2D eigenvalue weighted by Crippen LogP contribution is -2.29. The van der Waals surface area contributed by atoms with Gasteiger partial charge in [0.25, 0.3) is 0 Å². The van der Waals surface area contributed by atoms with Gasteiger partial charge in [0.15, 0.2) is 0 Å². The lowest BCUT2D eigenvalue weighted by Gasteiger charge is -2.22. The number of hydrogen-bond donors (Lipinski definition) is 3. The van der Waals surface area contributed by atoms with Crippen LogP contribution in [-0.2, 0) is 0 Å². The molecule has 90 valence electrons. The smallest absolute Gasteiger partial charge is 0.121 e. The van der Waals surface area contributed by atoms with Crippen LogP contribution in [0.25, 0.3) is 0 Å². The number of aliphatic hydroxyl groups is 1. The zero-order valence-corrected chi connectivity index (χ0v) is 10.0. The van der Waals surface area contributed by atoms with Gasteiger partial charge in [0.2, 0.25) is 0 Å². The highest BCUT2D eigenvalue weighted by molar-refractivity contribution is 5.68. The van der Waals surface area contributed by atoms with Gasteiger partial charge in [-0.1, -0.05) is 13.8 Å². The number of nitrogen functional groups attached to an aromatic ring is 1. The summed E-state index contributed by atoms with van der Waals surface area (Å²) in [6.07, 6.45) is 0. The van der Waals surface area contributed by atoms with Gasteiger partial charge in [0.1, 0.15) is 5.75 Å². The molecular weight excluding hydrogens is 204 g/mol. The van der Waals surface area contributed by atoms with E-state index < -0.39 is 0 Å². The summed E-state index contributed by atoms with van der Waals surface area (Å²) >= 11 is 0. The molecule has 1 rings (SSSR count). The van der Waals surface area contributed by atoms with Gasteiger partial charge in [-0.15, -0.1) is 0 Å². The van der Waals surface area contributed by atoms with Crippen molar-refractivity contribution in [2.45, 2.75) is 19.9 Å². The van der Waals surface area contributed by atoms with E-state index in [-0.39, 0.29) is 12.6 Å². The highest BCUT2D eigenvalue weighted by Crippen LogP contribution is 2.25. The van der Waals surface area contributed by atoms with Crippen molar-refractivity contribution in [3.05, 3.63) is 18.2 Å². The zero-order valence-electron chi connectivity index (χ0n) is 10.0. The summed E-state index contributed by atoms with van der Waals surface area (Å²) in [6, 6.07) is 5.43. The van der Waals surface area contributed by atoms with E-state index >= 15 is 0 Å². The van der Waals surface area contributed by atoms with Gasteiger partial charge in [0.05, 0.1) is 31.1 Å². The monoisotopic (exact) mass is 224 g/mol. The van der Waals surface area contributed by atoms with Crippen LogP contribution in [0.15, 0.2) is 18.2 Å². The largest absolute Gasteiger partial charge is 0.497 e. The molecule has 0 aliphatic rings. The Kier molecular flexibility index (Phi) is 4.43. The molecule has 0 amide bonds. The summed E-state index contributed by atoms with van der Waals surface area (Å²) < 4.78 is 5.13. The molecule has 0 saturated carbocycles. The maximum absolute atomic E-state index is 9.24. The van der Waals surface area contributed by atoms with Crippen molar-refractivity contribution in [2.75, 3.05) is 24.8 Å². The quantitative estimate of drug-likeness (QED) is 0.666. The Balaban J connectivity index is 2.86. The maximum Gasteiger partial charge on any atom is 0.121 e. The third kappa shape index (κ3) is 3.03. The molecule has 4 nitrogen and oxygen atoms in total. The minimum Gasteiger partial charge on any atom is -0.497 e. The number of nitrogens with one attached hydrogen (secondary N) is 1. The first-order chi connectivity index (χ1) is 7.58. The Morgan fingerprint density at radius 2 is 2.12 bits per heavy atom. The molecule has 1 aromatic carbocycles. The van der Waals surface area contributed by atoms with Crippen molar-refractivity contribution in [3.8, 4) is 5.75 Å². The fraction of sp³-hybridized carbons (Fsp3) is 0.500. The molecule has 4 N–H and O–H groups in total. The van der Waals surface area contributed by atoms with Gasteiger partial charge >= 0.3 is 0 Å². The molecule has 1 aromatic rings. The van der Waals surface area contributed by atoms with Crippen molar-refractivity contribution in [3.63, 3.8) is 0 Å². The molecule has 0 bridgehead atoms. The molecule has 0 radical (unpaired) electrons. The molecule has 0 aliphatic heterocycles. The average Bonchev–Trinajstić information content (AvgIpc) is 2.27. The van der Waals surface area contributed by atoms with Crippen molar-refractivity contribution >= 4 is 11.4 Å².